The Bertz CT molecular complexity index is 913. The maximum atomic E-state index is 6.08. The summed E-state index contributed by atoms with van der Waals surface area (Å²) in [5.41, 5.74) is 12.8. The van der Waals surface area contributed by atoms with Crippen LogP contribution in [0.15, 0.2) is 64.8 Å². The first kappa shape index (κ1) is 18.6. The predicted octanol–water partition coefficient (Wildman–Crippen LogP) is 4.26. The molecule has 9 heteroatoms. The van der Waals surface area contributed by atoms with Crippen molar-refractivity contribution in [1.82, 2.24) is 9.97 Å². The molecule has 0 aliphatic heterocycles. The van der Waals surface area contributed by atoms with Gasteiger partial charge in [-0.15, -0.1) is 0 Å². The maximum Gasteiger partial charge on any atom is 0.224 e. The molecule has 0 bridgehead atoms. The molecule has 27 heavy (non-hydrogen) atoms. The summed E-state index contributed by atoms with van der Waals surface area (Å²) in [6.45, 7) is 0. The molecule has 0 aliphatic carbocycles. The summed E-state index contributed by atoms with van der Waals surface area (Å²) in [7, 11) is 0. The van der Waals surface area contributed by atoms with Crippen molar-refractivity contribution in [2.45, 2.75) is 0 Å². The average Bonchev–Trinajstić information content (AvgIpc) is 2.64. The van der Waals surface area contributed by atoms with Crippen LogP contribution in [0.3, 0.4) is 0 Å². The highest BCUT2D eigenvalue weighted by atomic mass is 35.5. The lowest BCUT2D eigenvalue weighted by Gasteiger charge is -2.05. The molecule has 2 aromatic carbocycles. The number of benzene rings is 2. The van der Waals surface area contributed by atoms with Gasteiger partial charge in [0, 0.05) is 27.2 Å². The monoisotopic (exact) mass is 399 g/mol. The largest absolute Gasteiger partial charge is 0.368 e. The van der Waals surface area contributed by atoms with E-state index in [2.05, 4.69) is 31.0 Å². The van der Waals surface area contributed by atoms with E-state index in [1.165, 1.54) is 0 Å². The van der Waals surface area contributed by atoms with E-state index in [1.807, 2.05) is 36.4 Å². The first-order valence-electron chi connectivity index (χ1n) is 7.83. The predicted molar refractivity (Wildman–Crippen MR) is 112 cm³/mol. The quantitative estimate of drug-likeness (QED) is 0.424. The molecule has 4 N–H and O–H groups in total. The van der Waals surface area contributed by atoms with E-state index in [-0.39, 0.29) is 5.95 Å². The van der Waals surface area contributed by atoms with Gasteiger partial charge in [0.15, 0.2) is 11.6 Å². The third kappa shape index (κ3) is 5.40. The lowest BCUT2D eigenvalue weighted by atomic mass is 10.2. The summed E-state index contributed by atoms with van der Waals surface area (Å²) >= 11 is 12.2. The number of rotatable bonds is 6. The summed E-state index contributed by atoms with van der Waals surface area (Å²) in [5, 5.41) is 9.41. The van der Waals surface area contributed by atoms with Gasteiger partial charge in [-0.1, -0.05) is 59.6 Å². The van der Waals surface area contributed by atoms with Crippen LogP contribution in [0.1, 0.15) is 11.1 Å². The van der Waals surface area contributed by atoms with Crippen molar-refractivity contribution in [2.75, 3.05) is 16.6 Å². The average molecular weight is 400 g/mol. The normalized spacial score (nSPS) is 11.2. The molecule has 0 atom stereocenters. The summed E-state index contributed by atoms with van der Waals surface area (Å²) in [6.07, 6.45) is 3.17. The van der Waals surface area contributed by atoms with E-state index in [9.17, 15) is 0 Å². The molecule has 0 amide bonds. The minimum Gasteiger partial charge on any atom is -0.368 e. The second-order valence-corrected chi connectivity index (χ2v) is 6.09. The zero-order valence-electron chi connectivity index (χ0n) is 14.0. The second-order valence-electron chi connectivity index (χ2n) is 5.28. The van der Waals surface area contributed by atoms with Crippen LogP contribution >= 0.6 is 23.2 Å². The van der Waals surface area contributed by atoms with E-state index >= 15 is 0 Å². The first-order chi connectivity index (χ1) is 13.1. The minimum atomic E-state index is 0.0726. The number of hydrogen-bond donors (Lipinski definition) is 3. The van der Waals surface area contributed by atoms with Crippen molar-refractivity contribution in [3.8, 4) is 0 Å². The maximum absolute atomic E-state index is 6.08. The fourth-order valence-corrected chi connectivity index (χ4v) is 2.44. The molecule has 3 rings (SSSR count). The van der Waals surface area contributed by atoms with Crippen molar-refractivity contribution >= 4 is 53.2 Å². The Kier molecular flexibility index (Phi) is 6.19. The highest BCUT2D eigenvalue weighted by molar-refractivity contribution is 6.33. The van der Waals surface area contributed by atoms with Crippen LogP contribution in [0.4, 0.5) is 17.6 Å². The number of hydrazone groups is 2. The Morgan fingerprint density at radius 2 is 1.22 bits per heavy atom. The lowest BCUT2D eigenvalue weighted by molar-refractivity contribution is 1.13. The molecule has 1 aromatic heterocycles. The Balaban J connectivity index is 1.67. The number of nitrogen functional groups attached to an aromatic ring is 1. The van der Waals surface area contributed by atoms with E-state index in [4.69, 9.17) is 28.9 Å². The van der Waals surface area contributed by atoms with Gasteiger partial charge in [0.1, 0.15) is 0 Å². The highest BCUT2D eigenvalue weighted by Gasteiger charge is 2.01. The molecule has 1 heterocycles. The van der Waals surface area contributed by atoms with Crippen LogP contribution < -0.4 is 16.6 Å². The molecule has 0 unspecified atom stereocenters. The van der Waals surface area contributed by atoms with E-state index in [1.54, 1.807) is 30.6 Å². The summed E-state index contributed by atoms with van der Waals surface area (Å²) in [6, 6.07) is 16.3. The third-order valence-electron chi connectivity index (χ3n) is 3.32. The molecule has 0 spiro atoms. The van der Waals surface area contributed by atoms with Crippen molar-refractivity contribution in [3.63, 3.8) is 0 Å². The van der Waals surface area contributed by atoms with Crippen molar-refractivity contribution in [3.05, 3.63) is 75.8 Å². The topological polar surface area (TPSA) is 101 Å². The number of halogens is 2. The molecule has 0 saturated heterocycles. The molecular formula is C18H15Cl2N7. The molecule has 3 aromatic rings. The fraction of sp³-hybridized carbons (Fsp3) is 0. The van der Waals surface area contributed by atoms with Gasteiger partial charge in [-0.25, -0.2) is 0 Å². The Morgan fingerprint density at radius 1 is 0.778 bits per heavy atom. The molecule has 0 aliphatic rings. The summed E-state index contributed by atoms with van der Waals surface area (Å²) in [4.78, 5) is 8.13. The zero-order valence-corrected chi connectivity index (χ0v) is 15.5. The van der Waals surface area contributed by atoms with Crippen LogP contribution in [-0.2, 0) is 0 Å². The van der Waals surface area contributed by atoms with Crippen molar-refractivity contribution in [2.24, 2.45) is 10.2 Å². The van der Waals surface area contributed by atoms with Gasteiger partial charge < -0.3 is 5.73 Å². The van der Waals surface area contributed by atoms with Gasteiger partial charge in [0.2, 0.25) is 5.95 Å². The van der Waals surface area contributed by atoms with Crippen LogP contribution in [0, 0.1) is 0 Å². The smallest absolute Gasteiger partial charge is 0.224 e. The number of aromatic nitrogens is 2. The van der Waals surface area contributed by atoms with E-state index < -0.39 is 0 Å². The second kappa shape index (κ2) is 8.98. The Labute approximate surface area is 165 Å². The zero-order chi connectivity index (χ0) is 19.1. The number of nitrogens with zero attached hydrogens (tertiary/aromatic N) is 4. The molecule has 0 saturated carbocycles. The van der Waals surface area contributed by atoms with Crippen LogP contribution in [-0.4, -0.2) is 22.4 Å². The minimum absolute atomic E-state index is 0.0726. The van der Waals surface area contributed by atoms with Crippen LogP contribution in [0.5, 0.6) is 0 Å². The third-order valence-corrected chi connectivity index (χ3v) is 4.01. The molecular weight excluding hydrogens is 385 g/mol. The fourth-order valence-electron chi connectivity index (χ4n) is 2.08. The highest BCUT2D eigenvalue weighted by Crippen LogP contribution is 2.15. The number of nitrogens with one attached hydrogen (secondary N) is 2. The van der Waals surface area contributed by atoms with Gasteiger partial charge in [0.25, 0.3) is 0 Å². The summed E-state index contributed by atoms with van der Waals surface area (Å²) in [5.74, 6) is 0.880. The molecule has 7 nitrogen and oxygen atoms in total. The van der Waals surface area contributed by atoms with Gasteiger partial charge >= 0.3 is 0 Å². The van der Waals surface area contributed by atoms with Gasteiger partial charge in [0.05, 0.1) is 12.4 Å². The summed E-state index contributed by atoms with van der Waals surface area (Å²) < 4.78 is 0. The number of anilines is 3. The van der Waals surface area contributed by atoms with Crippen LogP contribution in [0.2, 0.25) is 10.0 Å². The van der Waals surface area contributed by atoms with Gasteiger partial charge in [-0.05, 0) is 12.1 Å². The number of hydrogen-bond acceptors (Lipinski definition) is 7. The van der Waals surface area contributed by atoms with Crippen molar-refractivity contribution < 1.29 is 0 Å². The standard InChI is InChI=1S/C18H15Cl2N7/c19-14-7-3-1-5-12(14)10-22-26-16-9-17(25-18(21)24-16)27-23-11-13-6-2-4-8-15(13)20/h1-11H,(H4,21,24,25,26,27)/b22-10+,23-11+. The SMILES string of the molecule is Nc1nc(N/N=C/c2ccccc2Cl)cc(N/N=C/c2ccccc2Cl)n1. The van der Waals surface area contributed by atoms with Gasteiger partial charge in [-0.3, -0.25) is 10.9 Å². The number of nitrogens with two attached hydrogens (primary N) is 1. The first-order valence-corrected chi connectivity index (χ1v) is 8.59. The Morgan fingerprint density at radius 3 is 1.67 bits per heavy atom. The molecule has 0 radical (unpaired) electrons. The molecule has 136 valence electrons. The molecule has 0 fully saturated rings. The van der Waals surface area contributed by atoms with E-state index in [0.29, 0.717) is 21.7 Å². The van der Waals surface area contributed by atoms with Crippen molar-refractivity contribution in [1.29, 1.82) is 0 Å². The van der Waals surface area contributed by atoms with Gasteiger partial charge in [-0.2, -0.15) is 20.2 Å². The Hall–Kier alpha value is -3.16. The lowest BCUT2D eigenvalue weighted by Crippen LogP contribution is -2.03. The van der Waals surface area contributed by atoms with Crippen LogP contribution in [0.25, 0.3) is 0 Å². The van der Waals surface area contributed by atoms with E-state index in [0.717, 1.165) is 11.1 Å².